The van der Waals surface area contributed by atoms with E-state index in [-0.39, 0.29) is 35.6 Å². The van der Waals surface area contributed by atoms with Crippen LogP contribution in [0.2, 0.25) is 0 Å². The van der Waals surface area contributed by atoms with Crippen molar-refractivity contribution in [3.05, 3.63) is 62.0 Å². The molecule has 4 rings (SSSR count). The van der Waals surface area contributed by atoms with E-state index in [2.05, 4.69) is 41.6 Å². The molecule has 0 aliphatic heterocycles. The molecule has 0 saturated heterocycles. The van der Waals surface area contributed by atoms with Crippen molar-refractivity contribution in [3.63, 3.8) is 0 Å². The molecule has 0 bridgehead atoms. The van der Waals surface area contributed by atoms with Crippen molar-refractivity contribution in [2.45, 2.75) is 64.7 Å². The predicted molar refractivity (Wildman–Crippen MR) is 126 cm³/mol. The molecule has 0 spiro atoms. The van der Waals surface area contributed by atoms with Crippen LogP contribution in [-0.4, -0.2) is 21.8 Å². The number of hydrogen-bond donors (Lipinski definition) is 3. The monoisotopic (exact) mass is 452 g/mol. The number of rotatable bonds is 4. The molecular formula is C24H28N4O3S. The van der Waals surface area contributed by atoms with Gasteiger partial charge in [-0.25, -0.2) is 4.98 Å². The largest absolute Gasteiger partial charge is 0.310 e. The summed E-state index contributed by atoms with van der Waals surface area (Å²) in [5.74, 6) is -0.242. The second kappa shape index (κ2) is 8.86. The molecule has 3 N–H and O–H groups in total. The summed E-state index contributed by atoms with van der Waals surface area (Å²) in [4.78, 5) is 46.5. The van der Waals surface area contributed by atoms with Crippen LogP contribution < -0.4 is 16.4 Å². The highest BCUT2D eigenvalue weighted by Gasteiger charge is 2.20. The average molecular weight is 453 g/mol. The molecular weight excluding hydrogens is 424 g/mol. The maximum Gasteiger partial charge on any atom is 0.269 e. The lowest BCUT2D eigenvalue weighted by atomic mass is 9.87. The molecule has 168 valence electrons. The zero-order valence-corrected chi connectivity index (χ0v) is 19.4. The fourth-order valence-electron chi connectivity index (χ4n) is 3.94. The zero-order valence-electron chi connectivity index (χ0n) is 18.6. The fraction of sp³-hybridized carbons (Fsp3) is 0.417. The van der Waals surface area contributed by atoms with Crippen molar-refractivity contribution < 1.29 is 9.59 Å². The Morgan fingerprint density at radius 3 is 2.53 bits per heavy atom. The first-order valence-electron chi connectivity index (χ1n) is 11.0. The normalized spacial score (nSPS) is 13.6. The van der Waals surface area contributed by atoms with Gasteiger partial charge in [0.2, 0.25) is 5.91 Å². The van der Waals surface area contributed by atoms with E-state index in [1.165, 1.54) is 4.88 Å². The van der Waals surface area contributed by atoms with Gasteiger partial charge in [-0.1, -0.05) is 32.9 Å². The first kappa shape index (κ1) is 22.2. The van der Waals surface area contributed by atoms with Crippen molar-refractivity contribution in [2.75, 3.05) is 0 Å². The molecule has 32 heavy (non-hydrogen) atoms. The quantitative estimate of drug-likeness (QED) is 0.527. The Balaban J connectivity index is 1.33. The maximum absolute atomic E-state index is 12.6. The third kappa shape index (κ3) is 4.75. The highest BCUT2D eigenvalue weighted by molar-refractivity contribution is 7.18. The molecule has 1 aliphatic carbocycles. The van der Waals surface area contributed by atoms with Gasteiger partial charge in [-0.2, -0.15) is 0 Å². The Labute approximate surface area is 190 Å². The van der Waals surface area contributed by atoms with E-state index in [4.69, 9.17) is 0 Å². The summed E-state index contributed by atoms with van der Waals surface area (Å²) in [5, 5.41) is 0.711. The summed E-state index contributed by atoms with van der Waals surface area (Å²) in [6.07, 6.45) is 4.58. The highest BCUT2D eigenvalue weighted by Crippen LogP contribution is 2.33. The van der Waals surface area contributed by atoms with Gasteiger partial charge in [-0.05, 0) is 54.4 Å². The lowest BCUT2D eigenvalue weighted by Gasteiger charge is -2.19. The lowest BCUT2D eigenvalue weighted by molar-refractivity contribution is -0.121. The highest BCUT2D eigenvalue weighted by atomic mass is 32.1. The molecule has 1 aromatic carbocycles. The molecule has 0 saturated carbocycles. The number of hydrogen-bond acceptors (Lipinski definition) is 5. The number of thiophene rings is 1. The SMILES string of the molecule is CC(C)(C)c1ccc(C(=O)NNC(=O)CCc2nc3sc4c(c3c(=O)[nH]2)CCCC4)cc1. The molecule has 2 heterocycles. The van der Waals surface area contributed by atoms with E-state index in [1.807, 2.05) is 12.1 Å². The van der Waals surface area contributed by atoms with E-state index in [0.717, 1.165) is 41.6 Å². The van der Waals surface area contributed by atoms with Crippen LogP contribution in [-0.2, 0) is 29.5 Å². The minimum Gasteiger partial charge on any atom is -0.310 e. The van der Waals surface area contributed by atoms with Crippen LogP contribution in [0.4, 0.5) is 0 Å². The average Bonchev–Trinajstić information content (AvgIpc) is 3.14. The number of aromatic nitrogens is 2. The Bertz CT molecular complexity index is 1220. The molecule has 0 atom stereocenters. The van der Waals surface area contributed by atoms with Gasteiger partial charge in [0.05, 0.1) is 5.39 Å². The molecule has 2 aromatic heterocycles. The number of nitrogens with zero attached hydrogens (tertiary/aromatic N) is 1. The number of aromatic amines is 1. The van der Waals surface area contributed by atoms with Gasteiger partial charge in [0.15, 0.2) is 0 Å². The first-order chi connectivity index (χ1) is 15.2. The number of carbonyl (C=O) groups excluding carboxylic acids is 2. The number of amides is 2. The zero-order chi connectivity index (χ0) is 22.9. The van der Waals surface area contributed by atoms with Crippen molar-refractivity contribution in [1.29, 1.82) is 0 Å². The van der Waals surface area contributed by atoms with Gasteiger partial charge < -0.3 is 4.98 Å². The van der Waals surface area contributed by atoms with E-state index in [0.29, 0.717) is 16.8 Å². The molecule has 0 radical (unpaired) electrons. The van der Waals surface area contributed by atoms with Gasteiger partial charge in [0, 0.05) is 23.3 Å². The summed E-state index contributed by atoms with van der Waals surface area (Å²) < 4.78 is 0. The number of nitrogens with one attached hydrogen (secondary N) is 3. The minimum absolute atomic E-state index is 0.00365. The Morgan fingerprint density at radius 2 is 1.81 bits per heavy atom. The number of fused-ring (bicyclic) bond motifs is 3. The first-order valence-corrected chi connectivity index (χ1v) is 11.8. The van der Waals surface area contributed by atoms with Gasteiger partial charge in [-0.3, -0.25) is 25.2 Å². The van der Waals surface area contributed by atoms with Crippen LogP contribution in [0, 0.1) is 0 Å². The van der Waals surface area contributed by atoms with Crippen LogP contribution in [0.15, 0.2) is 29.1 Å². The van der Waals surface area contributed by atoms with Gasteiger partial charge in [-0.15, -0.1) is 11.3 Å². The Kier molecular flexibility index (Phi) is 6.15. The topological polar surface area (TPSA) is 104 Å². The molecule has 0 fully saturated rings. The number of H-pyrrole nitrogens is 1. The van der Waals surface area contributed by atoms with E-state index >= 15 is 0 Å². The minimum atomic E-state index is -0.379. The molecule has 8 heteroatoms. The summed E-state index contributed by atoms with van der Waals surface area (Å²) in [6, 6.07) is 7.31. The second-order valence-corrected chi connectivity index (χ2v) is 10.3. The van der Waals surface area contributed by atoms with Crippen molar-refractivity contribution in [3.8, 4) is 0 Å². The Hall–Kier alpha value is -3.00. The van der Waals surface area contributed by atoms with E-state index < -0.39 is 0 Å². The molecule has 3 aromatic rings. The van der Waals surface area contributed by atoms with Crippen molar-refractivity contribution in [1.82, 2.24) is 20.8 Å². The summed E-state index contributed by atoms with van der Waals surface area (Å²) in [6.45, 7) is 6.32. The standard InChI is InChI=1S/C24H28N4O3S/c1-24(2,3)15-10-8-14(9-11-15)21(30)28-27-19(29)13-12-18-25-22(31)20-16-6-4-5-7-17(16)32-23(20)26-18/h8-11H,4-7,12-13H2,1-3H3,(H,27,29)(H,28,30)(H,25,26,31). The third-order valence-electron chi connectivity index (χ3n) is 5.79. The number of carbonyl (C=O) groups is 2. The van der Waals surface area contributed by atoms with Gasteiger partial charge in [0.1, 0.15) is 10.7 Å². The molecule has 2 amide bonds. The number of hydrazine groups is 1. The van der Waals surface area contributed by atoms with Crippen LogP contribution in [0.5, 0.6) is 0 Å². The maximum atomic E-state index is 12.6. The second-order valence-electron chi connectivity index (χ2n) is 9.23. The smallest absolute Gasteiger partial charge is 0.269 e. The molecule has 7 nitrogen and oxygen atoms in total. The summed E-state index contributed by atoms with van der Waals surface area (Å²) >= 11 is 1.59. The Morgan fingerprint density at radius 1 is 1.09 bits per heavy atom. The van der Waals surface area contributed by atoms with Crippen LogP contribution in [0.1, 0.15) is 72.2 Å². The van der Waals surface area contributed by atoms with Crippen molar-refractivity contribution in [2.24, 2.45) is 0 Å². The summed E-state index contributed by atoms with van der Waals surface area (Å²) in [7, 11) is 0. The number of aryl methyl sites for hydroxylation is 3. The van der Waals surface area contributed by atoms with Crippen LogP contribution in [0.3, 0.4) is 0 Å². The third-order valence-corrected chi connectivity index (χ3v) is 6.98. The van der Waals surface area contributed by atoms with Gasteiger partial charge >= 0.3 is 0 Å². The molecule has 0 unspecified atom stereocenters. The summed E-state index contributed by atoms with van der Waals surface area (Å²) in [5.41, 5.74) is 7.49. The van der Waals surface area contributed by atoms with Gasteiger partial charge in [0.25, 0.3) is 11.5 Å². The van der Waals surface area contributed by atoms with Crippen LogP contribution >= 0.6 is 11.3 Å². The fourth-order valence-corrected chi connectivity index (χ4v) is 5.22. The predicted octanol–water partition coefficient (Wildman–Crippen LogP) is 3.55. The lowest BCUT2D eigenvalue weighted by Crippen LogP contribution is -2.41. The molecule has 1 aliphatic rings. The number of benzene rings is 1. The van der Waals surface area contributed by atoms with Crippen LogP contribution in [0.25, 0.3) is 10.2 Å². The van der Waals surface area contributed by atoms with E-state index in [1.54, 1.807) is 23.5 Å². The van der Waals surface area contributed by atoms with Crippen molar-refractivity contribution >= 4 is 33.4 Å². The van der Waals surface area contributed by atoms with E-state index in [9.17, 15) is 14.4 Å².